The van der Waals surface area contributed by atoms with E-state index >= 15 is 0 Å². The highest BCUT2D eigenvalue weighted by atomic mass is 19.1. The van der Waals surface area contributed by atoms with Gasteiger partial charge in [0.05, 0.1) is 12.0 Å². The lowest BCUT2D eigenvalue weighted by molar-refractivity contribution is -0.122. The molecule has 1 amide bonds. The van der Waals surface area contributed by atoms with E-state index < -0.39 is 12.0 Å². The number of hydrogen-bond acceptors (Lipinski definition) is 2. The molecule has 0 heterocycles. The monoisotopic (exact) mass is 363 g/mol. The third-order valence-electron chi connectivity index (χ3n) is 4.49. The van der Waals surface area contributed by atoms with Crippen molar-refractivity contribution in [3.05, 3.63) is 107 Å². The van der Waals surface area contributed by atoms with E-state index in [1.165, 1.54) is 12.1 Å². The smallest absolute Gasteiger partial charge is 0.232 e. The molecule has 3 aromatic carbocycles. The zero-order valence-electron chi connectivity index (χ0n) is 15.1. The summed E-state index contributed by atoms with van der Waals surface area (Å²) in [7, 11) is 1.55. The minimum Gasteiger partial charge on any atom is -0.375 e. The number of halogens is 1. The first kappa shape index (κ1) is 18.8. The molecular weight excluding hydrogens is 341 g/mol. The van der Waals surface area contributed by atoms with Gasteiger partial charge in [-0.2, -0.15) is 0 Å². The Kier molecular flexibility index (Phi) is 6.34. The second kappa shape index (κ2) is 9.10. The zero-order chi connectivity index (χ0) is 19.1. The van der Waals surface area contributed by atoms with Crippen LogP contribution < -0.4 is 5.32 Å². The van der Waals surface area contributed by atoms with E-state index in [1.54, 1.807) is 19.2 Å². The number of rotatable bonds is 7. The van der Waals surface area contributed by atoms with Crippen LogP contribution in [-0.4, -0.2) is 19.6 Å². The van der Waals surface area contributed by atoms with Crippen LogP contribution in [0, 0.1) is 5.82 Å². The van der Waals surface area contributed by atoms with Crippen LogP contribution in [0.2, 0.25) is 0 Å². The fraction of sp³-hybridized carbons (Fsp3) is 0.174. The Hall–Kier alpha value is -2.98. The summed E-state index contributed by atoms with van der Waals surface area (Å²) in [6.45, 7) is 0.259. The topological polar surface area (TPSA) is 38.3 Å². The lowest BCUT2D eigenvalue weighted by atomic mass is 9.90. The summed E-state index contributed by atoms with van der Waals surface area (Å²) in [5, 5.41) is 2.96. The van der Waals surface area contributed by atoms with E-state index in [0.29, 0.717) is 5.56 Å². The number of nitrogens with one attached hydrogen (secondary N) is 1. The van der Waals surface area contributed by atoms with Crippen LogP contribution in [0.5, 0.6) is 0 Å². The quantitative estimate of drug-likeness (QED) is 0.673. The van der Waals surface area contributed by atoms with Gasteiger partial charge in [-0.1, -0.05) is 72.8 Å². The van der Waals surface area contributed by atoms with Crippen LogP contribution in [0.1, 0.15) is 28.7 Å². The number of benzene rings is 3. The van der Waals surface area contributed by atoms with Crippen LogP contribution in [0.4, 0.5) is 4.39 Å². The van der Waals surface area contributed by atoms with Crippen molar-refractivity contribution in [1.82, 2.24) is 5.32 Å². The minimum absolute atomic E-state index is 0.120. The SMILES string of the molecule is COC(CNC(=O)C(c1ccccc1)c1ccccc1)c1cccc(F)c1. The summed E-state index contributed by atoms with van der Waals surface area (Å²) >= 11 is 0. The van der Waals surface area contributed by atoms with Gasteiger partial charge in [0.1, 0.15) is 5.82 Å². The number of hydrogen-bond donors (Lipinski definition) is 1. The number of ether oxygens (including phenoxy) is 1. The fourth-order valence-electron chi connectivity index (χ4n) is 3.13. The Morgan fingerprint density at radius 2 is 1.44 bits per heavy atom. The van der Waals surface area contributed by atoms with Gasteiger partial charge in [-0.05, 0) is 28.8 Å². The predicted molar refractivity (Wildman–Crippen MR) is 104 cm³/mol. The summed E-state index contributed by atoms with van der Waals surface area (Å²) in [6.07, 6.45) is -0.420. The Morgan fingerprint density at radius 3 is 1.96 bits per heavy atom. The van der Waals surface area contributed by atoms with Crippen molar-refractivity contribution < 1.29 is 13.9 Å². The molecule has 0 bridgehead atoms. The van der Waals surface area contributed by atoms with Gasteiger partial charge in [-0.15, -0.1) is 0 Å². The molecule has 0 aromatic heterocycles. The van der Waals surface area contributed by atoms with Gasteiger partial charge in [-0.25, -0.2) is 4.39 Å². The lowest BCUT2D eigenvalue weighted by Gasteiger charge is -2.21. The van der Waals surface area contributed by atoms with Gasteiger partial charge in [0, 0.05) is 13.7 Å². The number of amides is 1. The van der Waals surface area contributed by atoms with E-state index in [4.69, 9.17) is 4.74 Å². The number of methoxy groups -OCH3 is 1. The summed E-state index contributed by atoms with van der Waals surface area (Å²) in [5.41, 5.74) is 2.52. The predicted octanol–water partition coefficient (Wildman–Crippen LogP) is 4.46. The maximum Gasteiger partial charge on any atom is 0.232 e. The average Bonchev–Trinajstić information content (AvgIpc) is 2.70. The minimum atomic E-state index is -0.420. The molecule has 1 N–H and O–H groups in total. The number of carbonyl (C=O) groups is 1. The van der Waals surface area contributed by atoms with E-state index in [9.17, 15) is 9.18 Å². The van der Waals surface area contributed by atoms with E-state index in [2.05, 4.69) is 5.32 Å². The maximum absolute atomic E-state index is 13.5. The molecule has 138 valence electrons. The van der Waals surface area contributed by atoms with Crippen molar-refractivity contribution in [2.24, 2.45) is 0 Å². The first-order valence-corrected chi connectivity index (χ1v) is 8.85. The highest BCUT2D eigenvalue weighted by Crippen LogP contribution is 2.25. The van der Waals surface area contributed by atoms with Crippen LogP contribution in [0.25, 0.3) is 0 Å². The summed E-state index contributed by atoms with van der Waals surface area (Å²) in [6, 6.07) is 25.5. The molecule has 0 fully saturated rings. The molecular formula is C23H22FNO2. The molecule has 0 aliphatic carbocycles. The molecule has 3 nitrogen and oxygen atoms in total. The van der Waals surface area contributed by atoms with E-state index in [-0.39, 0.29) is 18.3 Å². The van der Waals surface area contributed by atoms with Crippen LogP contribution in [0.15, 0.2) is 84.9 Å². The molecule has 1 atom stereocenters. The Bertz CT molecular complexity index is 828. The molecule has 27 heavy (non-hydrogen) atoms. The third kappa shape index (κ3) is 4.80. The third-order valence-corrected chi connectivity index (χ3v) is 4.49. The van der Waals surface area contributed by atoms with Gasteiger partial charge < -0.3 is 10.1 Å². The largest absolute Gasteiger partial charge is 0.375 e. The molecule has 0 aliphatic rings. The highest BCUT2D eigenvalue weighted by Gasteiger charge is 2.23. The van der Waals surface area contributed by atoms with Crippen molar-refractivity contribution in [2.45, 2.75) is 12.0 Å². The molecule has 3 aromatic rings. The van der Waals surface area contributed by atoms with Gasteiger partial charge >= 0.3 is 0 Å². The first-order chi connectivity index (χ1) is 13.2. The normalized spacial score (nSPS) is 12.0. The maximum atomic E-state index is 13.5. The zero-order valence-corrected chi connectivity index (χ0v) is 15.1. The van der Waals surface area contributed by atoms with E-state index in [1.807, 2.05) is 60.7 Å². The number of carbonyl (C=O) groups excluding carboxylic acids is 1. The van der Waals surface area contributed by atoms with Crippen LogP contribution in [0.3, 0.4) is 0 Å². The molecule has 1 unspecified atom stereocenters. The van der Waals surface area contributed by atoms with Crippen molar-refractivity contribution in [3.8, 4) is 0 Å². The molecule has 4 heteroatoms. The van der Waals surface area contributed by atoms with Gasteiger partial charge in [0.2, 0.25) is 5.91 Å². The van der Waals surface area contributed by atoms with Gasteiger partial charge in [-0.3, -0.25) is 4.79 Å². The average molecular weight is 363 g/mol. The Balaban J connectivity index is 1.78. The lowest BCUT2D eigenvalue weighted by Crippen LogP contribution is -2.33. The van der Waals surface area contributed by atoms with E-state index in [0.717, 1.165) is 11.1 Å². The van der Waals surface area contributed by atoms with Crippen molar-refractivity contribution >= 4 is 5.91 Å². The molecule has 3 rings (SSSR count). The summed E-state index contributed by atoms with van der Waals surface area (Å²) < 4.78 is 18.9. The Morgan fingerprint density at radius 1 is 0.889 bits per heavy atom. The molecule has 0 saturated heterocycles. The van der Waals surface area contributed by atoms with Gasteiger partial charge in [0.15, 0.2) is 0 Å². The molecule has 0 spiro atoms. The summed E-state index contributed by atoms with van der Waals surface area (Å²) in [4.78, 5) is 13.0. The van der Waals surface area contributed by atoms with Crippen LogP contribution in [-0.2, 0) is 9.53 Å². The van der Waals surface area contributed by atoms with Crippen molar-refractivity contribution in [2.75, 3.05) is 13.7 Å². The van der Waals surface area contributed by atoms with Gasteiger partial charge in [0.25, 0.3) is 0 Å². The molecule has 0 saturated carbocycles. The highest BCUT2D eigenvalue weighted by molar-refractivity contribution is 5.87. The first-order valence-electron chi connectivity index (χ1n) is 8.85. The van der Waals surface area contributed by atoms with Crippen molar-refractivity contribution in [3.63, 3.8) is 0 Å². The second-order valence-electron chi connectivity index (χ2n) is 6.28. The summed E-state index contributed by atoms with van der Waals surface area (Å²) in [5.74, 6) is -0.865. The molecule has 0 radical (unpaired) electrons. The second-order valence-corrected chi connectivity index (χ2v) is 6.28. The fourth-order valence-corrected chi connectivity index (χ4v) is 3.13. The molecule has 0 aliphatic heterocycles. The standard InChI is InChI=1S/C23H22FNO2/c1-27-21(19-13-8-14-20(24)15-19)16-25-23(26)22(17-9-4-2-5-10-17)18-11-6-3-7-12-18/h2-15,21-22H,16H2,1H3,(H,25,26). The van der Waals surface area contributed by atoms with Crippen LogP contribution >= 0.6 is 0 Å². The van der Waals surface area contributed by atoms with Crippen molar-refractivity contribution in [1.29, 1.82) is 0 Å². The Labute approximate surface area is 158 Å².